The fourth-order valence-electron chi connectivity index (χ4n) is 2.46. The summed E-state index contributed by atoms with van der Waals surface area (Å²) in [5.41, 5.74) is 0.499. The maximum Gasteiger partial charge on any atom is 0.00900 e. The molecule has 3 heteroatoms. The molecule has 0 aromatic rings. The predicted molar refractivity (Wildman–Crippen MR) is 74.4 cm³/mol. The Hall–Kier alpha value is 0.210. The van der Waals surface area contributed by atoms with Crippen LogP contribution in [0, 0.1) is 11.3 Å². The lowest BCUT2D eigenvalue weighted by Gasteiger charge is -2.37. The number of hydrogen-bond donors (Lipinski definition) is 1. The molecule has 1 saturated heterocycles. The topological polar surface area (TPSA) is 15.3 Å². The van der Waals surface area contributed by atoms with Crippen LogP contribution in [-0.2, 0) is 0 Å². The SMILES string of the molecule is CCN(CC1(C)CCNC1)C(C)C(C)C.Cl. The maximum absolute atomic E-state index is 3.48. The standard InChI is InChI=1S/C13H28N2.ClH/c1-6-15(12(4)11(2)3)10-13(5)7-8-14-9-13;/h11-12,14H,6-10H2,1-5H3;1H. The molecule has 1 N–H and O–H groups in total. The Balaban J connectivity index is 0.00000225. The van der Waals surface area contributed by atoms with Gasteiger partial charge in [0.1, 0.15) is 0 Å². The van der Waals surface area contributed by atoms with Gasteiger partial charge in [-0.1, -0.05) is 27.7 Å². The third-order valence-corrected chi connectivity index (χ3v) is 3.99. The van der Waals surface area contributed by atoms with Crippen LogP contribution in [0.15, 0.2) is 0 Å². The van der Waals surface area contributed by atoms with E-state index in [0.717, 1.165) is 5.92 Å². The Bertz CT molecular complexity index is 188. The van der Waals surface area contributed by atoms with Gasteiger partial charge in [0.25, 0.3) is 0 Å². The van der Waals surface area contributed by atoms with Crippen LogP contribution < -0.4 is 5.32 Å². The lowest BCUT2D eigenvalue weighted by molar-refractivity contribution is 0.117. The van der Waals surface area contributed by atoms with Crippen molar-refractivity contribution >= 4 is 12.4 Å². The molecular formula is C13H29ClN2. The van der Waals surface area contributed by atoms with E-state index in [-0.39, 0.29) is 12.4 Å². The molecular weight excluding hydrogens is 220 g/mol. The third-order valence-electron chi connectivity index (χ3n) is 3.99. The van der Waals surface area contributed by atoms with Crippen LogP contribution in [0.2, 0.25) is 0 Å². The van der Waals surface area contributed by atoms with Gasteiger partial charge in [-0.3, -0.25) is 0 Å². The second-order valence-electron chi connectivity index (χ2n) is 5.79. The molecule has 1 aliphatic rings. The molecule has 0 radical (unpaired) electrons. The Morgan fingerprint density at radius 1 is 1.31 bits per heavy atom. The first kappa shape index (κ1) is 16.2. The summed E-state index contributed by atoms with van der Waals surface area (Å²) in [7, 11) is 0. The highest BCUT2D eigenvalue weighted by molar-refractivity contribution is 5.85. The molecule has 1 fully saturated rings. The van der Waals surface area contributed by atoms with E-state index in [1.165, 1.54) is 32.6 Å². The average molecular weight is 249 g/mol. The van der Waals surface area contributed by atoms with E-state index in [1.54, 1.807) is 0 Å². The second kappa shape index (κ2) is 6.83. The Kier molecular flexibility index (Phi) is 6.92. The van der Waals surface area contributed by atoms with Crippen LogP contribution in [-0.4, -0.2) is 37.1 Å². The molecule has 98 valence electrons. The monoisotopic (exact) mass is 248 g/mol. The number of halogens is 1. The van der Waals surface area contributed by atoms with Crippen molar-refractivity contribution in [1.82, 2.24) is 10.2 Å². The van der Waals surface area contributed by atoms with E-state index < -0.39 is 0 Å². The lowest BCUT2D eigenvalue weighted by Crippen LogP contribution is -2.44. The highest BCUT2D eigenvalue weighted by atomic mass is 35.5. The van der Waals surface area contributed by atoms with Crippen LogP contribution in [0.5, 0.6) is 0 Å². The first-order valence-electron chi connectivity index (χ1n) is 6.43. The molecule has 0 bridgehead atoms. The van der Waals surface area contributed by atoms with Crippen LogP contribution in [0.1, 0.15) is 41.0 Å². The van der Waals surface area contributed by atoms with E-state index in [0.29, 0.717) is 11.5 Å². The van der Waals surface area contributed by atoms with Gasteiger partial charge >= 0.3 is 0 Å². The van der Waals surface area contributed by atoms with Gasteiger partial charge in [0.05, 0.1) is 0 Å². The molecule has 1 heterocycles. The summed E-state index contributed by atoms with van der Waals surface area (Å²) in [5.74, 6) is 0.753. The zero-order valence-corrected chi connectivity index (χ0v) is 12.4. The van der Waals surface area contributed by atoms with Gasteiger partial charge in [0, 0.05) is 19.1 Å². The fraction of sp³-hybridized carbons (Fsp3) is 1.00. The van der Waals surface area contributed by atoms with Crippen LogP contribution in [0.25, 0.3) is 0 Å². The van der Waals surface area contributed by atoms with Gasteiger partial charge in [-0.2, -0.15) is 0 Å². The predicted octanol–water partition coefficient (Wildman–Crippen LogP) is 2.77. The Morgan fingerprint density at radius 2 is 1.94 bits per heavy atom. The number of hydrogen-bond acceptors (Lipinski definition) is 2. The Morgan fingerprint density at radius 3 is 2.31 bits per heavy atom. The number of rotatable bonds is 5. The minimum absolute atomic E-state index is 0. The lowest BCUT2D eigenvalue weighted by atomic mass is 9.88. The number of nitrogens with zero attached hydrogens (tertiary/aromatic N) is 1. The molecule has 1 rings (SSSR count). The van der Waals surface area contributed by atoms with Gasteiger partial charge in [0.2, 0.25) is 0 Å². The van der Waals surface area contributed by atoms with E-state index in [4.69, 9.17) is 0 Å². The summed E-state index contributed by atoms with van der Waals surface area (Å²) >= 11 is 0. The minimum Gasteiger partial charge on any atom is -0.316 e. The molecule has 0 spiro atoms. The molecule has 0 aliphatic carbocycles. The molecule has 2 unspecified atom stereocenters. The highest BCUT2D eigenvalue weighted by Gasteiger charge is 2.31. The van der Waals surface area contributed by atoms with Gasteiger partial charge in [-0.25, -0.2) is 0 Å². The van der Waals surface area contributed by atoms with Crippen LogP contribution >= 0.6 is 12.4 Å². The van der Waals surface area contributed by atoms with Crippen molar-refractivity contribution in [1.29, 1.82) is 0 Å². The molecule has 2 atom stereocenters. The molecule has 2 nitrogen and oxygen atoms in total. The summed E-state index contributed by atoms with van der Waals surface area (Å²) in [6.07, 6.45) is 1.33. The van der Waals surface area contributed by atoms with Gasteiger partial charge in [0.15, 0.2) is 0 Å². The summed E-state index contributed by atoms with van der Waals surface area (Å²) in [6, 6.07) is 0.701. The van der Waals surface area contributed by atoms with Crippen LogP contribution in [0.4, 0.5) is 0 Å². The first-order valence-corrected chi connectivity index (χ1v) is 6.43. The molecule has 0 aromatic carbocycles. The van der Waals surface area contributed by atoms with E-state index in [1.807, 2.05) is 0 Å². The van der Waals surface area contributed by atoms with Gasteiger partial charge < -0.3 is 10.2 Å². The van der Waals surface area contributed by atoms with E-state index >= 15 is 0 Å². The van der Waals surface area contributed by atoms with Crippen molar-refractivity contribution in [3.63, 3.8) is 0 Å². The second-order valence-corrected chi connectivity index (χ2v) is 5.79. The van der Waals surface area contributed by atoms with E-state index in [2.05, 4.69) is 44.8 Å². The van der Waals surface area contributed by atoms with Crippen LogP contribution in [0.3, 0.4) is 0 Å². The molecule has 0 saturated carbocycles. The quantitative estimate of drug-likeness (QED) is 0.805. The molecule has 1 aliphatic heterocycles. The van der Waals surface area contributed by atoms with E-state index in [9.17, 15) is 0 Å². The zero-order valence-electron chi connectivity index (χ0n) is 11.5. The maximum atomic E-state index is 3.48. The van der Waals surface area contributed by atoms with Crippen molar-refractivity contribution in [2.75, 3.05) is 26.2 Å². The van der Waals surface area contributed by atoms with Crippen molar-refractivity contribution in [3.05, 3.63) is 0 Å². The van der Waals surface area contributed by atoms with Crippen molar-refractivity contribution in [2.45, 2.75) is 47.1 Å². The molecule has 0 amide bonds. The smallest absolute Gasteiger partial charge is 0.00900 e. The summed E-state index contributed by atoms with van der Waals surface area (Å²) in [5, 5.41) is 3.48. The zero-order chi connectivity index (χ0) is 11.5. The van der Waals surface area contributed by atoms with Crippen molar-refractivity contribution < 1.29 is 0 Å². The average Bonchev–Trinajstić information content (AvgIpc) is 2.60. The van der Waals surface area contributed by atoms with Crippen molar-refractivity contribution in [3.8, 4) is 0 Å². The van der Waals surface area contributed by atoms with Gasteiger partial charge in [-0.15, -0.1) is 12.4 Å². The van der Waals surface area contributed by atoms with Crippen molar-refractivity contribution in [2.24, 2.45) is 11.3 Å². The third kappa shape index (κ3) is 4.23. The fourth-order valence-corrected chi connectivity index (χ4v) is 2.46. The Labute approximate surface area is 108 Å². The van der Waals surface area contributed by atoms with Gasteiger partial charge in [-0.05, 0) is 37.8 Å². The molecule has 0 aromatic heterocycles. The highest BCUT2D eigenvalue weighted by Crippen LogP contribution is 2.27. The summed E-state index contributed by atoms with van der Waals surface area (Å²) in [6.45, 7) is 16.5. The first-order chi connectivity index (χ1) is 6.98. The number of nitrogens with one attached hydrogen (secondary N) is 1. The molecule has 16 heavy (non-hydrogen) atoms. The normalized spacial score (nSPS) is 27.2. The largest absolute Gasteiger partial charge is 0.316 e. The minimum atomic E-state index is 0. The summed E-state index contributed by atoms with van der Waals surface area (Å²) in [4.78, 5) is 2.64. The summed E-state index contributed by atoms with van der Waals surface area (Å²) < 4.78 is 0.